The van der Waals surface area contributed by atoms with Crippen molar-refractivity contribution in [3.05, 3.63) is 53.6 Å². The molecule has 0 aliphatic heterocycles. The number of aromatic hydroxyl groups is 1. The second kappa shape index (κ2) is 5.23. The van der Waals surface area contributed by atoms with Crippen LogP contribution in [0, 0.1) is 6.92 Å². The van der Waals surface area contributed by atoms with E-state index in [9.17, 15) is 9.32 Å². The third-order valence-corrected chi connectivity index (χ3v) is 4.18. The number of phenols is 1. The SMILES string of the molecule is Cc1cccc(S(=O)Cc2cccc(O)c2)c1N. The molecule has 0 aromatic heterocycles. The van der Waals surface area contributed by atoms with Crippen LogP contribution in [0.1, 0.15) is 11.1 Å². The lowest BCUT2D eigenvalue weighted by Gasteiger charge is -2.08. The van der Waals surface area contributed by atoms with Gasteiger partial charge in [-0.2, -0.15) is 0 Å². The van der Waals surface area contributed by atoms with Crippen LogP contribution >= 0.6 is 0 Å². The Bertz CT molecular complexity index is 596. The van der Waals surface area contributed by atoms with Gasteiger partial charge in [-0.1, -0.05) is 24.3 Å². The highest BCUT2D eigenvalue weighted by Crippen LogP contribution is 2.23. The molecule has 18 heavy (non-hydrogen) atoms. The summed E-state index contributed by atoms with van der Waals surface area (Å²) in [7, 11) is -1.20. The Hall–Kier alpha value is -1.81. The minimum Gasteiger partial charge on any atom is -0.508 e. The van der Waals surface area contributed by atoms with Gasteiger partial charge in [0.15, 0.2) is 0 Å². The molecule has 0 spiro atoms. The first-order valence-corrected chi connectivity index (χ1v) is 6.91. The van der Waals surface area contributed by atoms with Crippen molar-refractivity contribution in [2.45, 2.75) is 17.6 Å². The smallest absolute Gasteiger partial charge is 0.115 e. The van der Waals surface area contributed by atoms with Crippen LogP contribution in [0.25, 0.3) is 0 Å². The van der Waals surface area contributed by atoms with Gasteiger partial charge >= 0.3 is 0 Å². The number of nitrogens with two attached hydrogens (primary N) is 1. The number of aryl methyl sites for hydroxylation is 1. The van der Waals surface area contributed by atoms with Crippen molar-refractivity contribution in [3.8, 4) is 5.75 Å². The Kier molecular flexibility index (Phi) is 3.67. The zero-order valence-electron chi connectivity index (χ0n) is 10.1. The molecule has 2 aromatic carbocycles. The van der Waals surface area contributed by atoms with Gasteiger partial charge in [0.05, 0.1) is 27.1 Å². The maximum absolute atomic E-state index is 12.2. The van der Waals surface area contributed by atoms with Crippen molar-refractivity contribution in [3.63, 3.8) is 0 Å². The van der Waals surface area contributed by atoms with Gasteiger partial charge in [0.1, 0.15) is 5.75 Å². The second-order valence-electron chi connectivity index (χ2n) is 4.15. The molecular formula is C14H15NO2S. The summed E-state index contributed by atoms with van der Waals surface area (Å²) in [5.41, 5.74) is 8.26. The van der Waals surface area contributed by atoms with Crippen molar-refractivity contribution in [1.29, 1.82) is 0 Å². The minimum absolute atomic E-state index is 0.182. The molecule has 0 aliphatic rings. The lowest BCUT2D eigenvalue weighted by Crippen LogP contribution is -2.02. The van der Waals surface area contributed by atoms with Crippen LogP contribution in [0.3, 0.4) is 0 Å². The average Bonchev–Trinajstić information content (AvgIpc) is 2.32. The zero-order chi connectivity index (χ0) is 13.1. The fraction of sp³-hybridized carbons (Fsp3) is 0.143. The molecule has 0 saturated heterocycles. The van der Waals surface area contributed by atoms with Gasteiger partial charge < -0.3 is 10.8 Å². The van der Waals surface area contributed by atoms with E-state index in [0.29, 0.717) is 16.3 Å². The largest absolute Gasteiger partial charge is 0.508 e. The molecule has 1 atom stereocenters. The zero-order valence-corrected chi connectivity index (χ0v) is 10.9. The van der Waals surface area contributed by atoms with Gasteiger partial charge in [-0.3, -0.25) is 4.21 Å². The summed E-state index contributed by atoms with van der Waals surface area (Å²) in [5, 5.41) is 9.37. The van der Waals surface area contributed by atoms with Crippen molar-refractivity contribution in [2.75, 3.05) is 5.73 Å². The van der Waals surface area contributed by atoms with Crippen LogP contribution in [0.4, 0.5) is 5.69 Å². The standard InChI is InChI=1S/C14H15NO2S/c1-10-4-2-7-13(14(10)15)18(17)9-11-5-3-6-12(16)8-11/h2-8,16H,9,15H2,1H3. The Balaban J connectivity index is 2.25. The van der Waals surface area contributed by atoms with Gasteiger partial charge in [0, 0.05) is 0 Å². The van der Waals surface area contributed by atoms with E-state index in [-0.39, 0.29) is 5.75 Å². The van der Waals surface area contributed by atoms with Crippen LogP contribution in [-0.2, 0) is 16.6 Å². The first-order valence-electron chi connectivity index (χ1n) is 5.59. The van der Waals surface area contributed by atoms with Crippen molar-refractivity contribution >= 4 is 16.5 Å². The molecule has 3 nitrogen and oxygen atoms in total. The summed E-state index contributed by atoms with van der Waals surface area (Å²) in [6, 6.07) is 12.3. The molecule has 0 bridgehead atoms. The summed E-state index contributed by atoms with van der Waals surface area (Å²) >= 11 is 0. The van der Waals surface area contributed by atoms with E-state index < -0.39 is 10.8 Å². The number of hydrogen-bond donors (Lipinski definition) is 2. The normalized spacial score (nSPS) is 12.3. The van der Waals surface area contributed by atoms with E-state index in [2.05, 4.69) is 0 Å². The maximum Gasteiger partial charge on any atom is 0.115 e. The highest BCUT2D eigenvalue weighted by Gasteiger charge is 2.10. The monoisotopic (exact) mass is 261 g/mol. The van der Waals surface area contributed by atoms with Gasteiger partial charge in [0.25, 0.3) is 0 Å². The van der Waals surface area contributed by atoms with Crippen molar-refractivity contribution in [1.82, 2.24) is 0 Å². The molecule has 0 saturated carbocycles. The Labute approximate surface area is 109 Å². The number of para-hydroxylation sites is 1. The molecular weight excluding hydrogens is 246 g/mol. The summed E-state index contributed by atoms with van der Waals surface area (Å²) < 4.78 is 12.2. The van der Waals surface area contributed by atoms with Crippen molar-refractivity contribution < 1.29 is 9.32 Å². The molecule has 1 unspecified atom stereocenters. The number of hydrogen-bond acceptors (Lipinski definition) is 3. The predicted octanol–water partition coefficient (Wildman–Crippen LogP) is 2.59. The Morgan fingerprint density at radius 3 is 2.67 bits per heavy atom. The molecule has 3 N–H and O–H groups in total. The number of phenolic OH excluding ortho intramolecular Hbond substituents is 1. The van der Waals surface area contributed by atoms with E-state index in [1.807, 2.05) is 25.1 Å². The molecule has 0 radical (unpaired) electrons. The molecule has 0 heterocycles. The van der Waals surface area contributed by atoms with Gasteiger partial charge in [-0.25, -0.2) is 0 Å². The molecule has 0 fully saturated rings. The van der Waals surface area contributed by atoms with Crippen molar-refractivity contribution in [2.24, 2.45) is 0 Å². The Morgan fingerprint density at radius 1 is 1.22 bits per heavy atom. The third kappa shape index (κ3) is 2.71. The highest BCUT2D eigenvalue weighted by atomic mass is 32.2. The number of nitrogen functional groups attached to an aromatic ring is 1. The minimum atomic E-state index is -1.20. The number of rotatable bonds is 3. The van der Waals surface area contributed by atoms with Crippen LogP contribution < -0.4 is 5.73 Å². The average molecular weight is 261 g/mol. The van der Waals surface area contributed by atoms with Crippen LogP contribution in [0.2, 0.25) is 0 Å². The van der Waals surface area contributed by atoms with Gasteiger partial charge in [0.2, 0.25) is 0 Å². The summed E-state index contributed by atoms with van der Waals surface area (Å²) in [6.45, 7) is 1.89. The van der Waals surface area contributed by atoms with E-state index in [4.69, 9.17) is 5.73 Å². The fourth-order valence-electron chi connectivity index (χ4n) is 1.73. The summed E-state index contributed by atoms with van der Waals surface area (Å²) in [4.78, 5) is 0.651. The molecule has 4 heteroatoms. The molecule has 0 amide bonds. The van der Waals surface area contributed by atoms with Crippen LogP contribution in [-0.4, -0.2) is 9.32 Å². The van der Waals surface area contributed by atoms with Crippen LogP contribution in [0.5, 0.6) is 5.75 Å². The number of anilines is 1. The lowest BCUT2D eigenvalue weighted by atomic mass is 10.2. The van der Waals surface area contributed by atoms with E-state index >= 15 is 0 Å². The summed E-state index contributed by atoms with van der Waals surface area (Å²) in [5.74, 6) is 0.531. The first kappa shape index (κ1) is 12.6. The van der Waals surface area contributed by atoms with E-state index in [0.717, 1.165) is 11.1 Å². The first-order chi connectivity index (χ1) is 8.58. The predicted molar refractivity (Wildman–Crippen MR) is 73.8 cm³/mol. The number of benzene rings is 2. The lowest BCUT2D eigenvalue weighted by molar-refractivity contribution is 0.475. The third-order valence-electron chi connectivity index (χ3n) is 2.74. The molecule has 0 aliphatic carbocycles. The molecule has 94 valence electrons. The van der Waals surface area contributed by atoms with Crippen LogP contribution in [0.15, 0.2) is 47.4 Å². The highest BCUT2D eigenvalue weighted by molar-refractivity contribution is 7.84. The second-order valence-corrected chi connectivity index (χ2v) is 5.57. The fourth-order valence-corrected chi connectivity index (χ4v) is 3.00. The maximum atomic E-state index is 12.2. The Morgan fingerprint density at radius 2 is 1.94 bits per heavy atom. The van der Waals surface area contributed by atoms with E-state index in [1.54, 1.807) is 24.3 Å². The van der Waals surface area contributed by atoms with Gasteiger partial charge in [-0.15, -0.1) is 0 Å². The summed E-state index contributed by atoms with van der Waals surface area (Å²) in [6.07, 6.45) is 0. The molecule has 2 aromatic rings. The molecule has 2 rings (SSSR count). The van der Waals surface area contributed by atoms with Gasteiger partial charge in [-0.05, 0) is 36.2 Å². The quantitative estimate of drug-likeness (QED) is 0.835. The van der Waals surface area contributed by atoms with E-state index in [1.165, 1.54) is 0 Å². The topological polar surface area (TPSA) is 63.3 Å².